The first-order valence-electron chi connectivity index (χ1n) is 9.94. The average Bonchev–Trinajstić information content (AvgIpc) is 3.47. The lowest BCUT2D eigenvalue weighted by Gasteiger charge is -2.14. The van der Waals surface area contributed by atoms with Gasteiger partial charge in [-0.2, -0.15) is 0 Å². The first kappa shape index (κ1) is 21.0. The molecule has 3 aromatic heterocycles. The third kappa shape index (κ3) is 4.15. The zero-order valence-corrected chi connectivity index (χ0v) is 20.2. The topological polar surface area (TPSA) is 37.4 Å². The molecule has 29 heavy (non-hydrogen) atoms. The van der Waals surface area contributed by atoms with Gasteiger partial charge in [-0.25, -0.2) is 0 Å². The predicted octanol–water partition coefficient (Wildman–Crippen LogP) is 7.92. The van der Waals surface area contributed by atoms with Crippen molar-refractivity contribution < 1.29 is 9.59 Å². The number of thiophene rings is 3. The van der Waals surface area contributed by atoms with Crippen molar-refractivity contribution in [2.24, 2.45) is 0 Å². The lowest BCUT2D eigenvalue weighted by Crippen LogP contribution is -2.31. The number of rotatable bonds is 9. The second kappa shape index (κ2) is 9.25. The van der Waals surface area contributed by atoms with Crippen molar-refractivity contribution in [2.45, 2.75) is 45.4 Å². The molecule has 2 amide bonds. The molecule has 1 aliphatic rings. The van der Waals surface area contributed by atoms with Gasteiger partial charge in [0, 0.05) is 16.3 Å². The van der Waals surface area contributed by atoms with Crippen LogP contribution in [0.3, 0.4) is 0 Å². The number of unbranched alkanes of at least 4 members (excludes halogenated alkanes) is 5. The van der Waals surface area contributed by atoms with Crippen LogP contribution in [-0.2, 0) is 0 Å². The minimum Gasteiger partial charge on any atom is -0.274 e. The van der Waals surface area contributed by atoms with E-state index in [1.807, 2.05) is 29.6 Å². The third-order valence-electron chi connectivity index (χ3n) is 5.10. The van der Waals surface area contributed by atoms with E-state index in [9.17, 15) is 9.59 Å². The van der Waals surface area contributed by atoms with Crippen LogP contribution in [0.15, 0.2) is 33.4 Å². The zero-order valence-electron chi connectivity index (χ0n) is 16.2. The SMILES string of the molecule is CCCCCCCCN1C(=O)c2c(-c3cccs3)sc(-c3ccc(Br)s3)c2C1=O. The molecule has 0 saturated heterocycles. The van der Waals surface area contributed by atoms with E-state index in [1.165, 1.54) is 30.6 Å². The quantitative estimate of drug-likeness (QED) is 0.217. The van der Waals surface area contributed by atoms with Crippen LogP contribution in [0.4, 0.5) is 0 Å². The number of halogens is 1. The summed E-state index contributed by atoms with van der Waals surface area (Å²) in [4.78, 5) is 31.9. The second-order valence-corrected chi connectivity index (χ2v) is 11.6. The number of imide groups is 1. The fourth-order valence-corrected chi connectivity index (χ4v) is 7.29. The Balaban J connectivity index is 1.63. The van der Waals surface area contributed by atoms with Gasteiger partial charge in [0.25, 0.3) is 11.8 Å². The molecule has 0 fully saturated rings. The summed E-state index contributed by atoms with van der Waals surface area (Å²) in [5.74, 6) is -0.253. The molecule has 3 nitrogen and oxygen atoms in total. The van der Waals surface area contributed by atoms with Gasteiger partial charge in [-0.1, -0.05) is 45.1 Å². The van der Waals surface area contributed by atoms with Crippen molar-refractivity contribution in [3.63, 3.8) is 0 Å². The van der Waals surface area contributed by atoms with Gasteiger partial charge in [0.05, 0.1) is 24.7 Å². The van der Waals surface area contributed by atoms with Gasteiger partial charge in [-0.15, -0.1) is 34.0 Å². The van der Waals surface area contributed by atoms with E-state index in [2.05, 4.69) is 22.9 Å². The molecule has 152 valence electrons. The molecule has 0 N–H and O–H groups in total. The van der Waals surface area contributed by atoms with Gasteiger partial charge in [0.2, 0.25) is 0 Å². The van der Waals surface area contributed by atoms with Gasteiger partial charge >= 0.3 is 0 Å². The Bertz CT molecular complexity index is 1020. The number of amides is 2. The second-order valence-electron chi connectivity index (χ2n) is 7.12. The Kier molecular flexibility index (Phi) is 6.69. The van der Waals surface area contributed by atoms with Gasteiger partial charge < -0.3 is 0 Å². The minimum atomic E-state index is -0.128. The zero-order chi connectivity index (χ0) is 20.4. The number of hydrogen-bond acceptors (Lipinski definition) is 5. The minimum absolute atomic E-state index is 0.125. The molecule has 1 aliphatic heterocycles. The Labute approximate surface area is 191 Å². The van der Waals surface area contributed by atoms with Gasteiger partial charge in [-0.05, 0) is 45.9 Å². The molecule has 4 rings (SSSR count). The number of fused-ring (bicyclic) bond motifs is 1. The summed E-state index contributed by atoms with van der Waals surface area (Å²) in [5.41, 5.74) is 1.21. The largest absolute Gasteiger partial charge is 0.274 e. The highest BCUT2D eigenvalue weighted by Gasteiger charge is 2.42. The Morgan fingerprint density at radius 3 is 2.17 bits per heavy atom. The molecule has 4 heterocycles. The van der Waals surface area contributed by atoms with Crippen molar-refractivity contribution in [1.29, 1.82) is 0 Å². The van der Waals surface area contributed by atoms with Crippen molar-refractivity contribution >= 4 is 61.8 Å². The maximum absolute atomic E-state index is 13.3. The smallest absolute Gasteiger partial charge is 0.263 e. The summed E-state index contributed by atoms with van der Waals surface area (Å²) >= 11 is 8.29. The van der Waals surface area contributed by atoms with E-state index >= 15 is 0 Å². The molecule has 0 spiro atoms. The van der Waals surface area contributed by atoms with Crippen LogP contribution in [0, 0.1) is 0 Å². The van der Waals surface area contributed by atoms with E-state index in [1.54, 1.807) is 34.0 Å². The lowest BCUT2D eigenvalue weighted by molar-refractivity contribution is 0.0652. The van der Waals surface area contributed by atoms with Crippen molar-refractivity contribution in [3.8, 4) is 19.5 Å². The van der Waals surface area contributed by atoms with Crippen molar-refractivity contribution in [2.75, 3.05) is 6.54 Å². The molecule has 3 aromatic rings. The first-order chi connectivity index (χ1) is 14.1. The van der Waals surface area contributed by atoms with E-state index < -0.39 is 0 Å². The number of carbonyl (C=O) groups is 2. The van der Waals surface area contributed by atoms with Crippen molar-refractivity contribution in [3.05, 3.63) is 44.6 Å². The van der Waals surface area contributed by atoms with Gasteiger partial charge in [0.1, 0.15) is 0 Å². The normalized spacial score (nSPS) is 13.5. The van der Waals surface area contributed by atoms with Crippen LogP contribution >= 0.6 is 49.9 Å². The van der Waals surface area contributed by atoms with Gasteiger partial charge in [-0.3, -0.25) is 14.5 Å². The summed E-state index contributed by atoms with van der Waals surface area (Å²) in [6, 6.07) is 8.03. The predicted molar refractivity (Wildman–Crippen MR) is 127 cm³/mol. The van der Waals surface area contributed by atoms with Crippen LogP contribution in [0.2, 0.25) is 0 Å². The third-order valence-corrected chi connectivity index (χ3v) is 9.15. The Morgan fingerprint density at radius 2 is 1.55 bits per heavy atom. The Morgan fingerprint density at radius 1 is 0.862 bits per heavy atom. The van der Waals surface area contributed by atoms with Gasteiger partial charge in [0.15, 0.2) is 0 Å². The Hall–Kier alpha value is -1.28. The van der Waals surface area contributed by atoms with Crippen LogP contribution in [0.25, 0.3) is 19.5 Å². The molecule has 0 aromatic carbocycles. The number of hydrogen-bond donors (Lipinski definition) is 0. The lowest BCUT2D eigenvalue weighted by atomic mass is 10.1. The number of nitrogens with zero attached hydrogens (tertiary/aromatic N) is 1. The molecule has 7 heteroatoms. The molecule has 0 radical (unpaired) electrons. The molecular formula is C22H22BrNO2S3. The fourth-order valence-electron chi connectivity index (χ4n) is 3.65. The fraction of sp³-hybridized carbons (Fsp3) is 0.364. The van der Waals surface area contributed by atoms with Crippen LogP contribution in [0.5, 0.6) is 0 Å². The van der Waals surface area contributed by atoms with E-state index in [0.29, 0.717) is 17.7 Å². The molecule has 0 bridgehead atoms. The van der Waals surface area contributed by atoms with Crippen molar-refractivity contribution in [1.82, 2.24) is 4.90 Å². The molecule has 0 saturated carbocycles. The van der Waals surface area contributed by atoms with E-state index in [4.69, 9.17) is 0 Å². The molecule has 0 aliphatic carbocycles. The summed E-state index contributed by atoms with van der Waals surface area (Å²) in [6.45, 7) is 2.72. The molecular weight excluding hydrogens is 486 g/mol. The number of carbonyl (C=O) groups excluding carboxylic acids is 2. The molecule has 0 unspecified atom stereocenters. The standard InChI is InChI=1S/C22H22BrNO2S3/c1-2-3-4-5-6-7-12-24-21(25)17-18(22(24)26)20(15-10-11-16(23)28-15)29-19(17)14-9-8-13-27-14/h8-11,13H,2-7,12H2,1H3. The highest BCUT2D eigenvalue weighted by molar-refractivity contribution is 9.11. The van der Waals surface area contributed by atoms with Crippen LogP contribution in [-0.4, -0.2) is 23.3 Å². The van der Waals surface area contributed by atoms with E-state index in [0.717, 1.165) is 36.1 Å². The summed E-state index contributed by atoms with van der Waals surface area (Å²) in [7, 11) is 0. The highest BCUT2D eigenvalue weighted by atomic mass is 79.9. The van der Waals surface area contributed by atoms with Crippen LogP contribution in [0.1, 0.15) is 66.2 Å². The van der Waals surface area contributed by atoms with E-state index in [-0.39, 0.29) is 11.8 Å². The maximum atomic E-state index is 13.3. The summed E-state index contributed by atoms with van der Waals surface area (Å²) in [6.07, 6.45) is 6.81. The summed E-state index contributed by atoms with van der Waals surface area (Å²) < 4.78 is 1.02. The average molecular weight is 509 g/mol. The first-order valence-corrected chi connectivity index (χ1v) is 13.2. The monoisotopic (exact) mass is 507 g/mol. The van der Waals surface area contributed by atoms with Crippen LogP contribution < -0.4 is 0 Å². The maximum Gasteiger partial charge on any atom is 0.263 e. The molecule has 0 atom stereocenters. The summed E-state index contributed by atoms with van der Waals surface area (Å²) in [5, 5.41) is 2.01. The highest BCUT2D eigenvalue weighted by Crippen LogP contribution is 2.49.